The van der Waals surface area contributed by atoms with Gasteiger partial charge in [0.2, 0.25) is 11.8 Å². The molecular weight excluding hydrogens is 691 g/mol. The van der Waals surface area contributed by atoms with E-state index in [-0.39, 0.29) is 41.7 Å². The largest absolute Gasteiger partial charge is 0.508 e. The Morgan fingerprint density at radius 1 is 0.745 bits per heavy atom. The van der Waals surface area contributed by atoms with Gasteiger partial charge in [-0.15, -0.1) is 0 Å². The molecule has 3 amide bonds. The summed E-state index contributed by atoms with van der Waals surface area (Å²) in [6.07, 6.45) is 4.28. The summed E-state index contributed by atoms with van der Waals surface area (Å²) in [6, 6.07) is 30.8. The lowest BCUT2D eigenvalue weighted by Gasteiger charge is -2.38. The van der Waals surface area contributed by atoms with E-state index in [1.807, 2.05) is 18.2 Å². The average molecular weight is 740 g/mol. The molecule has 5 aliphatic rings. The van der Waals surface area contributed by atoms with Crippen molar-refractivity contribution in [2.24, 2.45) is 5.92 Å². The van der Waals surface area contributed by atoms with Crippen LogP contribution in [0.25, 0.3) is 0 Å². The molecule has 0 aliphatic carbocycles. The zero-order valence-electron chi connectivity index (χ0n) is 31.2. The normalized spacial score (nSPS) is 23.3. The molecule has 3 unspecified atom stereocenters. The van der Waals surface area contributed by atoms with E-state index >= 15 is 0 Å². The second-order valence-electron chi connectivity index (χ2n) is 15.9. The van der Waals surface area contributed by atoms with Crippen LogP contribution in [0.1, 0.15) is 76.6 Å². The van der Waals surface area contributed by atoms with Gasteiger partial charge in [-0.05, 0) is 91.2 Å². The maximum absolute atomic E-state index is 13.1. The van der Waals surface area contributed by atoms with Crippen LogP contribution in [0.3, 0.4) is 0 Å². The molecule has 0 saturated carbocycles. The molecule has 0 bridgehead atoms. The van der Waals surface area contributed by atoms with Crippen LogP contribution in [0, 0.1) is 5.92 Å². The fourth-order valence-corrected chi connectivity index (χ4v) is 9.52. The van der Waals surface area contributed by atoms with Crippen LogP contribution >= 0.6 is 0 Å². The van der Waals surface area contributed by atoms with Crippen LogP contribution < -0.4 is 19.9 Å². The molecule has 4 aromatic carbocycles. The van der Waals surface area contributed by atoms with Crippen LogP contribution in [0.5, 0.6) is 11.5 Å². The van der Waals surface area contributed by atoms with E-state index in [0.717, 1.165) is 74.3 Å². The first-order valence-electron chi connectivity index (χ1n) is 20.0. The van der Waals surface area contributed by atoms with Crippen molar-refractivity contribution in [3.05, 3.63) is 119 Å². The summed E-state index contributed by atoms with van der Waals surface area (Å²) in [5.74, 6) is 1.30. The summed E-state index contributed by atoms with van der Waals surface area (Å²) in [6.45, 7) is 8.20. The Kier molecular flexibility index (Phi) is 9.68. The van der Waals surface area contributed by atoms with Gasteiger partial charge >= 0.3 is 0 Å². The molecule has 0 radical (unpaired) electrons. The van der Waals surface area contributed by atoms with Crippen LogP contribution in [0.15, 0.2) is 91.0 Å². The number of anilines is 2. The van der Waals surface area contributed by atoms with E-state index in [1.54, 1.807) is 17.0 Å². The van der Waals surface area contributed by atoms with Gasteiger partial charge in [0.15, 0.2) is 0 Å². The molecule has 3 saturated heterocycles. The summed E-state index contributed by atoms with van der Waals surface area (Å²) in [5, 5.41) is 12.5. The molecule has 2 N–H and O–H groups in total. The van der Waals surface area contributed by atoms with Gasteiger partial charge in [-0.2, -0.15) is 0 Å². The first kappa shape index (κ1) is 35.4. The van der Waals surface area contributed by atoms with Gasteiger partial charge in [0.1, 0.15) is 17.5 Å². The predicted molar refractivity (Wildman–Crippen MR) is 212 cm³/mol. The third-order valence-electron chi connectivity index (χ3n) is 12.7. The van der Waals surface area contributed by atoms with E-state index in [1.165, 1.54) is 36.1 Å². The van der Waals surface area contributed by atoms with Gasteiger partial charge in [-0.3, -0.25) is 24.6 Å². The fourth-order valence-electron chi connectivity index (χ4n) is 9.52. The number of phenols is 1. The standard InChI is InChI=1S/C45H49N5O5/c51-36-11-13-38-41(27-36)55-29-39(31-4-2-1-3-5-31)43(38)32-6-8-34(9-7-32)48-20-17-30(18-21-48)16-19-47-22-24-49(25-23-47)35-10-12-37-33(26-35)28-50(45(37)54)40-14-15-42(52)46-44(40)53/h1-13,26-27,30,39-40,43,51H,14-25,28-29H2,(H,46,52,53). The lowest BCUT2D eigenvalue weighted by atomic mass is 9.76. The summed E-state index contributed by atoms with van der Waals surface area (Å²) in [4.78, 5) is 46.4. The number of amides is 3. The number of piperazine rings is 1. The smallest absolute Gasteiger partial charge is 0.255 e. The molecule has 10 nitrogen and oxygen atoms in total. The minimum atomic E-state index is -0.586. The summed E-state index contributed by atoms with van der Waals surface area (Å²) in [7, 11) is 0. The van der Waals surface area contributed by atoms with E-state index in [9.17, 15) is 19.5 Å². The molecule has 3 atom stereocenters. The lowest BCUT2D eigenvalue weighted by molar-refractivity contribution is -0.136. The number of aromatic hydroxyl groups is 1. The minimum absolute atomic E-state index is 0.123. The Balaban J connectivity index is 0.756. The monoisotopic (exact) mass is 739 g/mol. The number of piperidine rings is 2. The highest BCUT2D eigenvalue weighted by molar-refractivity contribution is 6.05. The molecule has 4 aromatic rings. The Morgan fingerprint density at radius 2 is 1.49 bits per heavy atom. The van der Waals surface area contributed by atoms with Gasteiger partial charge < -0.3 is 24.5 Å². The van der Waals surface area contributed by atoms with E-state index in [4.69, 9.17) is 4.74 Å². The second-order valence-corrected chi connectivity index (χ2v) is 15.9. The van der Waals surface area contributed by atoms with Crippen LogP contribution in [-0.2, 0) is 16.1 Å². The number of carbonyl (C=O) groups is 3. The second kappa shape index (κ2) is 15.1. The van der Waals surface area contributed by atoms with Crippen molar-refractivity contribution >= 4 is 29.1 Å². The number of nitrogens with one attached hydrogen (secondary N) is 1. The Bertz CT molecular complexity index is 2060. The molecule has 10 heteroatoms. The number of ether oxygens (including phenoxy) is 1. The molecule has 3 fully saturated rings. The van der Waals surface area contributed by atoms with Crippen LogP contribution in [0.2, 0.25) is 0 Å². The number of benzene rings is 4. The summed E-state index contributed by atoms with van der Waals surface area (Å²) < 4.78 is 6.17. The van der Waals surface area contributed by atoms with Gasteiger partial charge in [-0.25, -0.2) is 0 Å². The van der Waals surface area contributed by atoms with E-state index < -0.39 is 6.04 Å². The predicted octanol–water partition coefficient (Wildman–Crippen LogP) is 5.89. The zero-order chi connectivity index (χ0) is 37.5. The lowest BCUT2D eigenvalue weighted by Crippen LogP contribution is -2.52. The zero-order valence-corrected chi connectivity index (χ0v) is 31.2. The molecule has 55 heavy (non-hydrogen) atoms. The number of nitrogens with zero attached hydrogens (tertiary/aromatic N) is 4. The van der Waals surface area contributed by atoms with Gasteiger partial charge in [0.25, 0.3) is 5.91 Å². The van der Waals surface area contributed by atoms with Crippen molar-refractivity contribution < 1.29 is 24.2 Å². The van der Waals surface area contributed by atoms with E-state index in [2.05, 4.69) is 80.7 Å². The Morgan fingerprint density at radius 3 is 2.25 bits per heavy atom. The molecule has 0 aromatic heterocycles. The molecule has 9 rings (SSSR count). The fraction of sp³-hybridized carbons (Fsp3) is 0.400. The van der Waals surface area contributed by atoms with Crippen molar-refractivity contribution in [2.45, 2.75) is 56.5 Å². The van der Waals surface area contributed by atoms with Crippen LogP contribution in [-0.4, -0.2) is 91.1 Å². The molecule has 5 heterocycles. The Hall–Kier alpha value is -5.35. The third-order valence-corrected chi connectivity index (χ3v) is 12.7. The quantitative estimate of drug-likeness (QED) is 0.216. The molecular formula is C45H49N5O5. The highest BCUT2D eigenvalue weighted by Crippen LogP contribution is 2.47. The highest BCUT2D eigenvalue weighted by Gasteiger charge is 2.39. The molecule has 0 spiro atoms. The third kappa shape index (κ3) is 7.15. The first-order chi connectivity index (χ1) is 26.9. The minimum Gasteiger partial charge on any atom is -0.508 e. The van der Waals surface area contributed by atoms with Crippen molar-refractivity contribution in [3.63, 3.8) is 0 Å². The molecule has 284 valence electrons. The Labute approximate surface area is 322 Å². The maximum Gasteiger partial charge on any atom is 0.255 e. The highest BCUT2D eigenvalue weighted by atomic mass is 16.5. The number of hydrogen-bond acceptors (Lipinski definition) is 8. The summed E-state index contributed by atoms with van der Waals surface area (Å²) in [5.41, 5.74) is 7.69. The first-order valence-corrected chi connectivity index (χ1v) is 20.0. The number of phenolic OH excluding ortho intramolecular Hbond substituents is 1. The number of carbonyl (C=O) groups excluding carboxylic acids is 3. The SMILES string of the molecule is O=C1CCC(N2Cc3cc(N4CCN(CCC5CCN(c6ccc(C7c8ccc(O)cc8OCC7c7ccccc7)cc6)CC5)CC4)ccc3C2=O)C(=O)N1. The summed E-state index contributed by atoms with van der Waals surface area (Å²) >= 11 is 0. The van der Waals surface area contributed by atoms with Crippen LogP contribution in [0.4, 0.5) is 11.4 Å². The number of fused-ring (bicyclic) bond motifs is 2. The maximum atomic E-state index is 13.1. The average Bonchev–Trinajstić information content (AvgIpc) is 3.55. The van der Waals surface area contributed by atoms with E-state index in [0.29, 0.717) is 25.1 Å². The van der Waals surface area contributed by atoms with Crippen molar-refractivity contribution in [1.82, 2.24) is 15.1 Å². The number of imide groups is 1. The van der Waals surface area contributed by atoms with Crippen molar-refractivity contribution in [3.8, 4) is 11.5 Å². The van der Waals surface area contributed by atoms with Gasteiger partial charge in [0, 0.05) is 92.6 Å². The topological polar surface area (TPSA) is 106 Å². The number of rotatable bonds is 8. The van der Waals surface area contributed by atoms with Crippen molar-refractivity contribution in [2.75, 3.05) is 62.2 Å². The van der Waals surface area contributed by atoms with Gasteiger partial charge in [0.05, 0.1) is 6.61 Å². The van der Waals surface area contributed by atoms with Crippen molar-refractivity contribution in [1.29, 1.82) is 0 Å². The van der Waals surface area contributed by atoms with Gasteiger partial charge in [-0.1, -0.05) is 48.5 Å². The molecule has 5 aliphatic heterocycles. The number of hydrogen-bond donors (Lipinski definition) is 2.